The van der Waals surface area contributed by atoms with Gasteiger partial charge in [0.05, 0.1) is 6.61 Å². The van der Waals surface area contributed by atoms with E-state index in [9.17, 15) is 4.79 Å². The second kappa shape index (κ2) is 11.3. The standard InChI is InChI=1S/C26H48O3Si2/c1-18(2)30(19(3)4,20(5)6)28-17-25-15-26(14-13-24(25)16-27)29-31(21(7)8,22(9)10)23(11)12/h13-16,18-23H,17H2,1-12H3. The number of hydrogen-bond donors (Lipinski definition) is 0. The minimum Gasteiger partial charge on any atom is -0.543 e. The lowest BCUT2D eigenvalue weighted by atomic mass is 10.1. The molecule has 0 fully saturated rings. The van der Waals surface area contributed by atoms with E-state index in [0.717, 1.165) is 17.6 Å². The first-order valence-corrected chi connectivity index (χ1v) is 16.5. The summed E-state index contributed by atoms with van der Waals surface area (Å²) in [5, 5.41) is 0. The summed E-state index contributed by atoms with van der Waals surface area (Å²) in [7, 11) is -4.06. The fourth-order valence-corrected chi connectivity index (χ4v) is 16.8. The fraction of sp³-hybridized carbons (Fsp3) is 0.731. The van der Waals surface area contributed by atoms with Crippen molar-refractivity contribution in [3.05, 3.63) is 29.3 Å². The Bertz CT molecular complexity index is 665. The quantitative estimate of drug-likeness (QED) is 0.229. The molecule has 0 aliphatic carbocycles. The van der Waals surface area contributed by atoms with Crippen LogP contribution in [0.5, 0.6) is 5.75 Å². The van der Waals surface area contributed by atoms with Gasteiger partial charge in [0.1, 0.15) is 12.0 Å². The van der Waals surface area contributed by atoms with Crippen LogP contribution in [0.2, 0.25) is 33.2 Å². The van der Waals surface area contributed by atoms with Crippen LogP contribution in [0.4, 0.5) is 0 Å². The van der Waals surface area contributed by atoms with E-state index in [1.54, 1.807) is 0 Å². The van der Waals surface area contributed by atoms with E-state index in [-0.39, 0.29) is 0 Å². The van der Waals surface area contributed by atoms with Crippen molar-refractivity contribution in [1.29, 1.82) is 0 Å². The Balaban J connectivity index is 3.36. The summed E-state index contributed by atoms with van der Waals surface area (Å²) in [6.45, 7) is 28.0. The third kappa shape index (κ3) is 5.72. The van der Waals surface area contributed by atoms with Crippen LogP contribution in [-0.2, 0) is 11.0 Å². The van der Waals surface area contributed by atoms with Crippen LogP contribution in [0.15, 0.2) is 18.2 Å². The van der Waals surface area contributed by atoms with Crippen molar-refractivity contribution in [2.75, 3.05) is 0 Å². The number of carbonyl (C=O) groups excluding carboxylic acids is 1. The normalized spacial score (nSPS) is 13.4. The van der Waals surface area contributed by atoms with Crippen LogP contribution in [0.3, 0.4) is 0 Å². The Labute approximate surface area is 194 Å². The first-order valence-electron chi connectivity index (χ1n) is 12.2. The molecule has 3 nitrogen and oxygen atoms in total. The van der Waals surface area contributed by atoms with E-state index >= 15 is 0 Å². The molecule has 0 aliphatic heterocycles. The molecule has 0 heterocycles. The van der Waals surface area contributed by atoms with Crippen molar-refractivity contribution in [2.45, 2.75) is 123 Å². The fourth-order valence-electron chi connectivity index (χ4n) is 6.15. The minimum atomic E-state index is -2.05. The lowest BCUT2D eigenvalue weighted by molar-refractivity contribution is 0.112. The number of hydrogen-bond acceptors (Lipinski definition) is 3. The molecule has 0 bridgehead atoms. The first kappa shape index (κ1) is 28.1. The molecule has 178 valence electrons. The summed E-state index contributed by atoms with van der Waals surface area (Å²) in [5.74, 6) is 0.887. The van der Waals surface area contributed by atoms with Crippen molar-refractivity contribution in [3.63, 3.8) is 0 Å². The zero-order valence-electron chi connectivity index (χ0n) is 22.2. The van der Waals surface area contributed by atoms with Crippen molar-refractivity contribution >= 4 is 22.9 Å². The Morgan fingerprint density at radius 1 is 0.710 bits per heavy atom. The molecule has 0 saturated heterocycles. The molecule has 0 spiro atoms. The molecule has 5 heteroatoms. The van der Waals surface area contributed by atoms with Crippen LogP contribution in [0, 0.1) is 0 Å². The number of benzene rings is 1. The highest BCUT2D eigenvalue weighted by Crippen LogP contribution is 2.44. The van der Waals surface area contributed by atoms with E-state index in [0.29, 0.717) is 45.4 Å². The highest BCUT2D eigenvalue weighted by Gasteiger charge is 2.47. The van der Waals surface area contributed by atoms with Crippen LogP contribution >= 0.6 is 0 Å². The van der Waals surface area contributed by atoms with Gasteiger partial charge in [0, 0.05) is 5.56 Å². The van der Waals surface area contributed by atoms with Gasteiger partial charge in [0.15, 0.2) is 0 Å². The van der Waals surface area contributed by atoms with Gasteiger partial charge in [-0.2, -0.15) is 0 Å². The van der Waals surface area contributed by atoms with Crippen LogP contribution in [-0.4, -0.2) is 22.9 Å². The predicted molar refractivity (Wildman–Crippen MR) is 139 cm³/mol. The van der Waals surface area contributed by atoms with Gasteiger partial charge in [-0.15, -0.1) is 0 Å². The summed E-state index contributed by atoms with van der Waals surface area (Å²) in [5.41, 5.74) is 4.68. The Morgan fingerprint density at radius 3 is 1.48 bits per heavy atom. The Morgan fingerprint density at radius 2 is 1.13 bits per heavy atom. The molecular formula is C26H48O3Si2. The molecule has 0 radical (unpaired) electrons. The lowest BCUT2D eigenvalue weighted by Gasteiger charge is -2.43. The molecule has 0 atom stereocenters. The monoisotopic (exact) mass is 464 g/mol. The molecule has 0 amide bonds. The highest BCUT2D eigenvalue weighted by atomic mass is 28.4. The smallest absolute Gasteiger partial charge is 0.258 e. The molecule has 0 aliphatic rings. The molecule has 31 heavy (non-hydrogen) atoms. The molecule has 1 aromatic carbocycles. The largest absolute Gasteiger partial charge is 0.543 e. The van der Waals surface area contributed by atoms with Crippen molar-refractivity contribution < 1.29 is 13.6 Å². The van der Waals surface area contributed by atoms with Gasteiger partial charge in [-0.05, 0) is 57.0 Å². The minimum absolute atomic E-state index is 0.478. The van der Waals surface area contributed by atoms with E-state index in [1.807, 2.05) is 12.1 Å². The average Bonchev–Trinajstić information content (AvgIpc) is 2.64. The van der Waals surface area contributed by atoms with E-state index in [4.69, 9.17) is 8.85 Å². The van der Waals surface area contributed by atoms with E-state index < -0.39 is 16.6 Å². The van der Waals surface area contributed by atoms with Crippen molar-refractivity contribution in [3.8, 4) is 5.75 Å². The lowest BCUT2D eigenvalue weighted by Crippen LogP contribution is -2.50. The molecule has 1 rings (SSSR count). The van der Waals surface area contributed by atoms with Crippen LogP contribution < -0.4 is 4.43 Å². The maximum absolute atomic E-state index is 11.8. The van der Waals surface area contributed by atoms with Gasteiger partial charge < -0.3 is 8.85 Å². The Hall–Kier alpha value is -0.916. The summed E-state index contributed by atoms with van der Waals surface area (Å²) in [6.07, 6.45) is 0.948. The Kier molecular flexibility index (Phi) is 10.2. The second-order valence-electron chi connectivity index (χ2n) is 11.0. The average molecular weight is 465 g/mol. The number of rotatable bonds is 12. The maximum Gasteiger partial charge on any atom is 0.258 e. The van der Waals surface area contributed by atoms with E-state index in [2.05, 4.69) is 89.2 Å². The third-order valence-corrected chi connectivity index (χ3v) is 19.5. The van der Waals surface area contributed by atoms with E-state index in [1.165, 1.54) is 0 Å². The predicted octanol–water partition coefficient (Wildman–Crippen LogP) is 8.75. The summed E-state index contributed by atoms with van der Waals surface area (Å²) in [4.78, 5) is 11.8. The molecule has 0 saturated carbocycles. The van der Waals surface area contributed by atoms with Gasteiger partial charge in [-0.1, -0.05) is 83.1 Å². The van der Waals surface area contributed by atoms with Gasteiger partial charge in [-0.25, -0.2) is 0 Å². The summed E-state index contributed by atoms with van der Waals surface area (Å²) in [6, 6.07) is 5.95. The highest BCUT2D eigenvalue weighted by molar-refractivity contribution is 6.78. The maximum atomic E-state index is 11.8. The molecule has 1 aromatic rings. The van der Waals surface area contributed by atoms with Gasteiger partial charge >= 0.3 is 0 Å². The summed E-state index contributed by atoms with van der Waals surface area (Å²) >= 11 is 0. The zero-order valence-corrected chi connectivity index (χ0v) is 24.2. The van der Waals surface area contributed by atoms with Crippen LogP contribution in [0.25, 0.3) is 0 Å². The van der Waals surface area contributed by atoms with Gasteiger partial charge in [-0.3, -0.25) is 4.79 Å². The van der Waals surface area contributed by atoms with Crippen molar-refractivity contribution in [1.82, 2.24) is 0 Å². The molecule has 0 aromatic heterocycles. The van der Waals surface area contributed by atoms with Crippen molar-refractivity contribution in [2.24, 2.45) is 0 Å². The number of carbonyl (C=O) groups is 1. The zero-order chi connectivity index (χ0) is 24.1. The first-order chi connectivity index (χ1) is 14.3. The number of aldehydes is 1. The van der Waals surface area contributed by atoms with Gasteiger partial charge in [0.2, 0.25) is 8.32 Å². The summed E-state index contributed by atoms with van der Waals surface area (Å²) < 4.78 is 13.7. The van der Waals surface area contributed by atoms with Crippen LogP contribution in [0.1, 0.15) is 99.0 Å². The second-order valence-corrected chi connectivity index (χ2v) is 21.8. The van der Waals surface area contributed by atoms with Gasteiger partial charge in [0.25, 0.3) is 8.32 Å². The third-order valence-electron chi connectivity index (χ3n) is 7.43. The SMILES string of the molecule is CC(C)[Si](OCc1cc(O[Si](C(C)C)(C(C)C)C(C)C)ccc1C=O)(C(C)C)C(C)C. The molecular weight excluding hydrogens is 416 g/mol. The molecule has 0 N–H and O–H groups in total. The topological polar surface area (TPSA) is 35.5 Å². The molecule has 0 unspecified atom stereocenters.